The molecule has 0 N–H and O–H groups in total. The summed E-state index contributed by atoms with van der Waals surface area (Å²) < 4.78 is 4.67. The molecule has 0 aliphatic rings. The molecule has 0 amide bonds. The summed E-state index contributed by atoms with van der Waals surface area (Å²) >= 11 is 0. The number of ether oxygens (including phenoxy) is 1. The summed E-state index contributed by atoms with van der Waals surface area (Å²) in [5, 5.41) is 13.3. The average Bonchev–Trinajstić information content (AvgIpc) is 2.58. The second-order valence-electron chi connectivity index (χ2n) is 4.89. The third-order valence-electron chi connectivity index (χ3n) is 3.63. The molecule has 3 heteroatoms. The van der Waals surface area contributed by atoms with Gasteiger partial charge in [0.05, 0.1) is 7.11 Å². The summed E-state index contributed by atoms with van der Waals surface area (Å²) in [6, 6.07) is 19.8. The molecule has 3 aromatic carbocycles. The average molecular weight is 287 g/mol. The van der Waals surface area contributed by atoms with Crippen LogP contribution in [0.5, 0.6) is 0 Å². The minimum atomic E-state index is -0.625. The van der Waals surface area contributed by atoms with E-state index in [1.165, 1.54) is 7.11 Å². The maximum absolute atomic E-state index is 11.7. The van der Waals surface area contributed by atoms with Crippen molar-refractivity contribution in [2.75, 3.05) is 7.11 Å². The van der Waals surface area contributed by atoms with Crippen molar-refractivity contribution >= 4 is 33.6 Å². The molecule has 3 aromatic rings. The highest BCUT2D eigenvalue weighted by atomic mass is 16.5. The quantitative estimate of drug-likeness (QED) is 0.309. The topological polar surface area (TPSA) is 50.1 Å². The van der Waals surface area contributed by atoms with Gasteiger partial charge in [-0.25, -0.2) is 4.79 Å². The van der Waals surface area contributed by atoms with Crippen LogP contribution in [0.2, 0.25) is 0 Å². The van der Waals surface area contributed by atoms with Crippen molar-refractivity contribution in [2.45, 2.75) is 0 Å². The van der Waals surface area contributed by atoms with Gasteiger partial charge in [-0.3, -0.25) is 0 Å². The SMILES string of the molecule is COC(=O)/C(C#N)=C\c1c2ccccc2cc2ccccc12. The third-order valence-corrected chi connectivity index (χ3v) is 3.63. The predicted octanol–water partition coefficient (Wildman–Crippen LogP) is 4.07. The molecule has 3 nitrogen and oxygen atoms in total. The van der Waals surface area contributed by atoms with Gasteiger partial charge in [0.1, 0.15) is 11.6 Å². The predicted molar refractivity (Wildman–Crippen MR) is 87.1 cm³/mol. The van der Waals surface area contributed by atoms with Crippen LogP contribution in [0.3, 0.4) is 0 Å². The highest BCUT2D eigenvalue weighted by molar-refractivity contribution is 6.10. The zero-order valence-electron chi connectivity index (χ0n) is 12.0. The minimum absolute atomic E-state index is 0.0102. The monoisotopic (exact) mass is 287 g/mol. The zero-order chi connectivity index (χ0) is 15.5. The molecular weight excluding hydrogens is 274 g/mol. The van der Waals surface area contributed by atoms with Gasteiger partial charge in [0.25, 0.3) is 0 Å². The fraction of sp³-hybridized carbons (Fsp3) is 0.0526. The number of hydrogen-bond acceptors (Lipinski definition) is 3. The van der Waals surface area contributed by atoms with Crippen molar-refractivity contribution in [3.05, 3.63) is 65.7 Å². The van der Waals surface area contributed by atoms with Gasteiger partial charge in [0.2, 0.25) is 0 Å². The van der Waals surface area contributed by atoms with E-state index in [0.717, 1.165) is 27.1 Å². The van der Waals surface area contributed by atoms with Gasteiger partial charge in [-0.15, -0.1) is 0 Å². The lowest BCUT2D eigenvalue weighted by molar-refractivity contribution is -0.135. The van der Waals surface area contributed by atoms with Crippen molar-refractivity contribution in [1.29, 1.82) is 5.26 Å². The molecule has 22 heavy (non-hydrogen) atoms. The maximum Gasteiger partial charge on any atom is 0.348 e. The van der Waals surface area contributed by atoms with Gasteiger partial charge < -0.3 is 4.74 Å². The molecule has 0 spiro atoms. The highest BCUT2D eigenvalue weighted by Crippen LogP contribution is 2.30. The lowest BCUT2D eigenvalue weighted by Gasteiger charge is -2.08. The van der Waals surface area contributed by atoms with Crippen molar-refractivity contribution in [1.82, 2.24) is 0 Å². The molecule has 0 saturated carbocycles. The van der Waals surface area contributed by atoms with E-state index in [-0.39, 0.29) is 5.57 Å². The standard InChI is InChI=1S/C19H13NO2/c1-22-19(21)15(12-20)11-18-16-8-4-2-6-13(16)10-14-7-3-5-9-17(14)18/h2-11H,1H3/b15-11-. The number of carbonyl (C=O) groups excluding carboxylic acids is 1. The molecule has 0 saturated heterocycles. The summed E-state index contributed by atoms with van der Waals surface area (Å²) in [4.78, 5) is 11.7. The van der Waals surface area contributed by atoms with Crippen LogP contribution in [0.25, 0.3) is 27.6 Å². The number of methoxy groups -OCH3 is 1. The fourth-order valence-corrected chi connectivity index (χ4v) is 2.60. The Balaban J connectivity index is 2.41. The van der Waals surface area contributed by atoms with Gasteiger partial charge >= 0.3 is 5.97 Å². The first-order valence-electron chi connectivity index (χ1n) is 6.85. The van der Waals surface area contributed by atoms with Crippen LogP contribution in [0.15, 0.2) is 60.2 Å². The number of benzene rings is 3. The van der Waals surface area contributed by atoms with Crippen molar-refractivity contribution in [3.8, 4) is 6.07 Å². The summed E-state index contributed by atoms with van der Waals surface area (Å²) in [6.45, 7) is 0. The first-order valence-corrected chi connectivity index (χ1v) is 6.85. The Hall–Kier alpha value is -3.12. The van der Waals surface area contributed by atoms with E-state index in [1.807, 2.05) is 54.6 Å². The van der Waals surface area contributed by atoms with Gasteiger partial charge in [0.15, 0.2) is 0 Å². The van der Waals surface area contributed by atoms with E-state index >= 15 is 0 Å². The van der Waals surface area contributed by atoms with E-state index in [0.29, 0.717) is 0 Å². The first-order chi connectivity index (χ1) is 10.7. The Bertz CT molecular complexity index is 894. The Morgan fingerprint density at radius 3 is 2.09 bits per heavy atom. The maximum atomic E-state index is 11.7. The van der Waals surface area contributed by atoms with Crippen LogP contribution in [0, 0.1) is 11.3 Å². The van der Waals surface area contributed by atoms with Crippen LogP contribution in [-0.4, -0.2) is 13.1 Å². The fourth-order valence-electron chi connectivity index (χ4n) is 2.60. The largest absolute Gasteiger partial charge is 0.465 e. The van der Waals surface area contributed by atoms with E-state index in [4.69, 9.17) is 0 Å². The Morgan fingerprint density at radius 2 is 1.59 bits per heavy atom. The van der Waals surface area contributed by atoms with Crippen molar-refractivity contribution in [3.63, 3.8) is 0 Å². The molecule has 0 fully saturated rings. The molecule has 0 aromatic heterocycles. The van der Waals surface area contributed by atoms with Crippen LogP contribution in [0.1, 0.15) is 5.56 Å². The molecule has 0 aliphatic heterocycles. The molecule has 0 unspecified atom stereocenters. The summed E-state index contributed by atoms with van der Waals surface area (Å²) in [5.41, 5.74) is 0.847. The molecule has 0 atom stereocenters. The Morgan fingerprint density at radius 1 is 1.05 bits per heavy atom. The molecule has 0 radical (unpaired) electrons. The van der Waals surface area contributed by atoms with Gasteiger partial charge in [-0.2, -0.15) is 5.26 Å². The minimum Gasteiger partial charge on any atom is -0.465 e. The number of rotatable bonds is 2. The highest BCUT2D eigenvalue weighted by Gasteiger charge is 2.12. The summed E-state index contributed by atoms with van der Waals surface area (Å²) in [7, 11) is 1.27. The van der Waals surface area contributed by atoms with Gasteiger partial charge in [-0.1, -0.05) is 48.5 Å². The molecule has 3 rings (SSSR count). The van der Waals surface area contributed by atoms with Gasteiger partial charge in [0, 0.05) is 0 Å². The van der Waals surface area contributed by atoms with E-state index in [2.05, 4.69) is 10.8 Å². The van der Waals surface area contributed by atoms with Crippen LogP contribution >= 0.6 is 0 Å². The van der Waals surface area contributed by atoms with Crippen LogP contribution in [0.4, 0.5) is 0 Å². The second kappa shape index (κ2) is 5.71. The third kappa shape index (κ3) is 2.32. The van der Waals surface area contributed by atoms with E-state index in [1.54, 1.807) is 6.08 Å². The van der Waals surface area contributed by atoms with E-state index < -0.39 is 5.97 Å². The molecular formula is C19H13NO2. The number of carbonyl (C=O) groups is 1. The number of nitrogens with zero attached hydrogens (tertiary/aromatic N) is 1. The lowest BCUT2D eigenvalue weighted by Crippen LogP contribution is -2.02. The van der Waals surface area contributed by atoms with Crippen molar-refractivity contribution in [2.24, 2.45) is 0 Å². The van der Waals surface area contributed by atoms with Crippen LogP contribution in [-0.2, 0) is 9.53 Å². The number of nitriles is 1. The van der Waals surface area contributed by atoms with Crippen LogP contribution < -0.4 is 0 Å². The lowest BCUT2D eigenvalue weighted by atomic mass is 9.95. The smallest absolute Gasteiger partial charge is 0.348 e. The molecule has 106 valence electrons. The molecule has 0 aliphatic carbocycles. The summed E-state index contributed by atoms with van der Waals surface area (Å²) in [5.74, 6) is -0.625. The number of esters is 1. The molecule has 0 bridgehead atoms. The molecule has 0 heterocycles. The number of fused-ring (bicyclic) bond motifs is 2. The first kappa shape index (κ1) is 13.8. The zero-order valence-corrected chi connectivity index (χ0v) is 12.0. The van der Waals surface area contributed by atoms with Crippen molar-refractivity contribution < 1.29 is 9.53 Å². The summed E-state index contributed by atoms with van der Waals surface area (Å²) in [6.07, 6.45) is 1.61. The van der Waals surface area contributed by atoms with E-state index in [9.17, 15) is 10.1 Å². The van der Waals surface area contributed by atoms with Gasteiger partial charge in [-0.05, 0) is 39.3 Å². The second-order valence-corrected chi connectivity index (χ2v) is 4.89. The normalized spacial score (nSPS) is 11.4. The Labute approximate surface area is 128 Å². The number of hydrogen-bond donors (Lipinski definition) is 0. The Kier molecular flexibility index (Phi) is 3.59.